The summed E-state index contributed by atoms with van der Waals surface area (Å²) in [7, 11) is 0. The third-order valence-corrected chi connectivity index (χ3v) is 7.08. The number of β-lactam (4-membered cyclic amide) rings is 1. The van der Waals surface area contributed by atoms with Crippen LogP contribution in [-0.2, 0) is 4.79 Å². The zero-order chi connectivity index (χ0) is 26.7. The minimum atomic E-state index is -0.426. The number of benzene rings is 3. The van der Waals surface area contributed by atoms with Gasteiger partial charge in [0.15, 0.2) is 0 Å². The number of rotatable bonds is 14. The Morgan fingerprint density at radius 1 is 0.763 bits per heavy atom. The molecule has 0 aromatic heterocycles. The molecular weight excluding hydrogens is 474 g/mol. The summed E-state index contributed by atoms with van der Waals surface area (Å²) in [6, 6.07) is 22.8. The van der Waals surface area contributed by atoms with Crippen molar-refractivity contribution >= 4 is 17.6 Å². The molecule has 0 unspecified atom stereocenters. The van der Waals surface area contributed by atoms with Crippen molar-refractivity contribution in [3.63, 3.8) is 0 Å². The normalized spacial score (nSPS) is 14.7. The van der Waals surface area contributed by atoms with Gasteiger partial charge < -0.3 is 14.4 Å². The minimum Gasteiger partial charge on any atom is -0.494 e. The van der Waals surface area contributed by atoms with Gasteiger partial charge in [0.05, 0.1) is 12.2 Å². The Bertz CT molecular complexity index is 1170. The maximum Gasteiger partial charge on any atom is 0.343 e. The Morgan fingerprint density at radius 2 is 1.32 bits per heavy atom. The summed E-state index contributed by atoms with van der Waals surface area (Å²) in [5.74, 6) is 1.06. The first-order valence-electron chi connectivity index (χ1n) is 14.0. The van der Waals surface area contributed by atoms with Crippen molar-refractivity contribution in [1.82, 2.24) is 0 Å². The Morgan fingerprint density at radius 3 is 1.87 bits per heavy atom. The Hall–Kier alpha value is -3.60. The second-order valence-corrected chi connectivity index (χ2v) is 10.1. The fraction of sp³-hybridized carbons (Fsp3) is 0.394. The van der Waals surface area contributed by atoms with Gasteiger partial charge in [-0.25, -0.2) is 4.79 Å². The van der Waals surface area contributed by atoms with E-state index in [0.717, 1.165) is 35.6 Å². The van der Waals surface area contributed by atoms with Gasteiger partial charge in [-0.1, -0.05) is 76.1 Å². The van der Waals surface area contributed by atoms with Gasteiger partial charge in [-0.2, -0.15) is 0 Å². The SMILES string of the molecule is CCCCCCCCCCOc1ccc(-c2ccc(OC(=O)c3ccc(N4C(=O)C[C@@H]4C)cc3)cc2)cc1. The lowest BCUT2D eigenvalue weighted by Gasteiger charge is -2.38. The maximum atomic E-state index is 12.6. The molecule has 1 heterocycles. The average Bonchev–Trinajstić information content (AvgIpc) is 2.93. The highest BCUT2D eigenvalue weighted by Crippen LogP contribution is 2.28. The first kappa shape index (κ1) is 27.4. The molecule has 3 aromatic carbocycles. The van der Waals surface area contributed by atoms with Crippen molar-refractivity contribution < 1.29 is 19.1 Å². The van der Waals surface area contributed by atoms with E-state index in [-0.39, 0.29) is 11.9 Å². The molecule has 1 aliphatic rings. The van der Waals surface area contributed by atoms with Crippen LogP contribution in [0.25, 0.3) is 11.1 Å². The van der Waals surface area contributed by atoms with Gasteiger partial charge in [0, 0.05) is 18.2 Å². The summed E-state index contributed by atoms with van der Waals surface area (Å²) in [6.07, 6.45) is 10.9. The second-order valence-electron chi connectivity index (χ2n) is 10.1. The van der Waals surface area contributed by atoms with E-state index in [1.807, 2.05) is 31.2 Å². The van der Waals surface area contributed by atoms with E-state index in [0.29, 0.717) is 17.7 Å². The van der Waals surface area contributed by atoms with Crippen molar-refractivity contribution in [2.45, 2.75) is 77.7 Å². The number of unbranched alkanes of at least 4 members (excludes halogenated alkanes) is 7. The Kier molecular flexibility index (Phi) is 9.97. The molecule has 0 bridgehead atoms. The van der Waals surface area contributed by atoms with E-state index in [2.05, 4.69) is 19.1 Å². The Balaban J connectivity index is 1.21. The van der Waals surface area contributed by atoms with Crippen molar-refractivity contribution in [2.24, 2.45) is 0 Å². The van der Waals surface area contributed by atoms with E-state index in [4.69, 9.17) is 9.47 Å². The third-order valence-electron chi connectivity index (χ3n) is 7.08. The van der Waals surface area contributed by atoms with E-state index < -0.39 is 5.97 Å². The summed E-state index contributed by atoms with van der Waals surface area (Å²) >= 11 is 0. The van der Waals surface area contributed by atoms with Gasteiger partial charge >= 0.3 is 5.97 Å². The summed E-state index contributed by atoms with van der Waals surface area (Å²) in [4.78, 5) is 26.1. The van der Waals surface area contributed by atoms with Crippen LogP contribution >= 0.6 is 0 Å². The monoisotopic (exact) mass is 513 g/mol. The first-order chi connectivity index (χ1) is 18.5. The van der Waals surface area contributed by atoms with Gasteiger partial charge in [0.25, 0.3) is 0 Å². The van der Waals surface area contributed by atoms with E-state index >= 15 is 0 Å². The molecule has 0 spiro atoms. The zero-order valence-electron chi connectivity index (χ0n) is 22.7. The number of nitrogens with zero attached hydrogens (tertiary/aromatic N) is 1. The fourth-order valence-electron chi connectivity index (χ4n) is 4.78. The molecule has 0 radical (unpaired) electrons. The number of amides is 1. The smallest absolute Gasteiger partial charge is 0.343 e. The van der Waals surface area contributed by atoms with Crippen LogP contribution in [-0.4, -0.2) is 24.5 Å². The molecule has 200 valence electrons. The minimum absolute atomic E-state index is 0.105. The van der Waals surface area contributed by atoms with E-state index in [9.17, 15) is 9.59 Å². The molecule has 1 amide bonds. The van der Waals surface area contributed by atoms with E-state index in [1.165, 1.54) is 44.9 Å². The number of hydrogen-bond donors (Lipinski definition) is 0. The lowest BCUT2D eigenvalue weighted by molar-refractivity contribution is -0.123. The molecule has 38 heavy (non-hydrogen) atoms. The summed E-state index contributed by atoms with van der Waals surface area (Å²) in [6.45, 7) is 5.02. The standard InChI is InChI=1S/C33H39NO4/c1-3-4-5-6-7-8-9-10-23-37-30-19-13-26(14-20-30)27-15-21-31(22-16-27)38-33(36)28-11-17-29(18-12-28)34-25(2)24-32(34)35/h11-22,25H,3-10,23-24H2,1-2H3/t25-/m0/s1. The number of anilines is 1. The number of ether oxygens (including phenoxy) is 2. The van der Waals surface area contributed by atoms with Crippen molar-refractivity contribution in [3.05, 3.63) is 78.4 Å². The highest BCUT2D eigenvalue weighted by molar-refractivity contribution is 6.01. The topological polar surface area (TPSA) is 55.8 Å². The van der Waals surface area contributed by atoms with Crippen molar-refractivity contribution in [1.29, 1.82) is 0 Å². The first-order valence-corrected chi connectivity index (χ1v) is 14.0. The zero-order valence-corrected chi connectivity index (χ0v) is 22.7. The van der Waals surface area contributed by atoms with E-state index in [1.54, 1.807) is 41.3 Å². The highest BCUT2D eigenvalue weighted by Gasteiger charge is 2.33. The Labute approximate surface area is 226 Å². The third kappa shape index (κ3) is 7.47. The average molecular weight is 514 g/mol. The lowest BCUT2D eigenvalue weighted by Crippen LogP contribution is -2.51. The number of esters is 1. The highest BCUT2D eigenvalue weighted by atomic mass is 16.5. The van der Waals surface area contributed by atoms with Gasteiger partial charge in [-0.05, 0) is 73.0 Å². The molecule has 4 rings (SSSR count). The molecule has 1 aliphatic heterocycles. The summed E-state index contributed by atoms with van der Waals surface area (Å²) in [5, 5.41) is 0. The molecule has 5 heteroatoms. The van der Waals surface area contributed by atoms with Gasteiger partial charge in [0.2, 0.25) is 5.91 Å². The molecule has 0 N–H and O–H groups in total. The molecule has 1 fully saturated rings. The largest absolute Gasteiger partial charge is 0.494 e. The van der Waals surface area contributed by atoms with Gasteiger partial charge in [-0.3, -0.25) is 4.79 Å². The predicted octanol–water partition coefficient (Wildman–Crippen LogP) is 8.22. The van der Waals surface area contributed by atoms with Gasteiger partial charge in [-0.15, -0.1) is 0 Å². The molecular formula is C33H39NO4. The fourth-order valence-corrected chi connectivity index (χ4v) is 4.78. The van der Waals surface area contributed by atoms with Crippen LogP contribution in [0, 0.1) is 0 Å². The molecule has 0 aliphatic carbocycles. The van der Waals surface area contributed by atoms with Crippen molar-refractivity contribution in [3.8, 4) is 22.6 Å². The predicted molar refractivity (Wildman–Crippen MR) is 153 cm³/mol. The lowest BCUT2D eigenvalue weighted by atomic mass is 10.0. The van der Waals surface area contributed by atoms with Crippen LogP contribution in [0.5, 0.6) is 11.5 Å². The summed E-state index contributed by atoms with van der Waals surface area (Å²) < 4.78 is 11.5. The van der Waals surface area contributed by atoms with Crippen LogP contribution in [0.1, 0.15) is 82.0 Å². The summed E-state index contributed by atoms with van der Waals surface area (Å²) in [5.41, 5.74) is 3.37. The van der Waals surface area contributed by atoms with Crippen LogP contribution in [0.2, 0.25) is 0 Å². The molecule has 1 saturated heterocycles. The van der Waals surface area contributed by atoms with Crippen LogP contribution in [0.4, 0.5) is 5.69 Å². The maximum absolute atomic E-state index is 12.6. The molecule has 5 nitrogen and oxygen atoms in total. The van der Waals surface area contributed by atoms with Crippen LogP contribution in [0.15, 0.2) is 72.8 Å². The quantitative estimate of drug-likeness (QED) is 0.0943. The molecule has 3 aromatic rings. The second kappa shape index (κ2) is 13.8. The number of carbonyl (C=O) groups excluding carboxylic acids is 2. The van der Waals surface area contributed by atoms with Gasteiger partial charge in [0.1, 0.15) is 11.5 Å². The molecule has 1 atom stereocenters. The van der Waals surface area contributed by atoms with Crippen molar-refractivity contribution in [2.75, 3.05) is 11.5 Å². The van der Waals surface area contributed by atoms with Crippen LogP contribution < -0.4 is 14.4 Å². The number of carbonyl (C=O) groups is 2. The number of hydrogen-bond acceptors (Lipinski definition) is 4. The van der Waals surface area contributed by atoms with Crippen LogP contribution in [0.3, 0.4) is 0 Å². The molecule has 0 saturated carbocycles.